The summed E-state index contributed by atoms with van der Waals surface area (Å²) >= 11 is 0. The molecule has 2 aromatic rings. The Labute approximate surface area is 145 Å². The SMILES string of the molecule is COc1ccc(C(=O)Nc2cnc(N3CCN(C)CC3)nc2)cc1F. The minimum atomic E-state index is -0.586. The predicted molar refractivity (Wildman–Crippen MR) is 92.6 cm³/mol. The second-order valence-corrected chi connectivity index (χ2v) is 5.87. The van der Waals surface area contributed by atoms with Crippen molar-refractivity contribution in [3.63, 3.8) is 0 Å². The van der Waals surface area contributed by atoms with Crippen molar-refractivity contribution >= 4 is 17.5 Å². The van der Waals surface area contributed by atoms with Crippen LogP contribution >= 0.6 is 0 Å². The van der Waals surface area contributed by atoms with Crippen LogP contribution in [0.5, 0.6) is 5.75 Å². The third kappa shape index (κ3) is 4.03. The maximum absolute atomic E-state index is 13.7. The molecular formula is C17H20FN5O2. The van der Waals surface area contributed by atoms with E-state index in [9.17, 15) is 9.18 Å². The molecule has 3 rings (SSSR count). The molecule has 0 spiro atoms. The van der Waals surface area contributed by atoms with Gasteiger partial charge in [-0.2, -0.15) is 0 Å². The number of benzene rings is 1. The first-order chi connectivity index (χ1) is 12.1. The van der Waals surface area contributed by atoms with Crippen molar-refractivity contribution in [1.29, 1.82) is 0 Å². The van der Waals surface area contributed by atoms with Crippen LogP contribution in [0.3, 0.4) is 0 Å². The predicted octanol–water partition coefficient (Wildman–Crippen LogP) is 1.63. The number of aromatic nitrogens is 2. The number of hydrogen-bond acceptors (Lipinski definition) is 6. The molecule has 0 saturated carbocycles. The van der Waals surface area contributed by atoms with Crippen molar-refractivity contribution in [1.82, 2.24) is 14.9 Å². The van der Waals surface area contributed by atoms with Crippen molar-refractivity contribution in [3.05, 3.63) is 42.0 Å². The first-order valence-electron chi connectivity index (χ1n) is 7.97. The van der Waals surface area contributed by atoms with E-state index in [1.807, 2.05) is 0 Å². The lowest BCUT2D eigenvalue weighted by Crippen LogP contribution is -2.45. The summed E-state index contributed by atoms with van der Waals surface area (Å²) in [7, 11) is 3.45. The average Bonchev–Trinajstić information content (AvgIpc) is 2.63. The number of likely N-dealkylation sites (N-methyl/N-ethyl adjacent to an activating group) is 1. The van der Waals surface area contributed by atoms with Crippen molar-refractivity contribution in [3.8, 4) is 5.75 Å². The molecule has 1 aromatic heterocycles. The Bertz CT molecular complexity index is 745. The summed E-state index contributed by atoms with van der Waals surface area (Å²) < 4.78 is 18.5. The standard InChI is InChI=1S/C17H20FN5O2/c1-22-5-7-23(8-6-22)17-19-10-13(11-20-17)21-16(24)12-3-4-15(25-2)14(18)9-12/h3-4,9-11H,5-8H2,1-2H3,(H,21,24). The highest BCUT2D eigenvalue weighted by Crippen LogP contribution is 2.19. The Kier molecular flexibility index (Phi) is 5.08. The number of anilines is 2. The molecular weight excluding hydrogens is 325 g/mol. The van der Waals surface area contributed by atoms with Crippen molar-refractivity contribution in [2.75, 3.05) is 50.6 Å². The van der Waals surface area contributed by atoms with Gasteiger partial charge in [-0.15, -0.1) is 0 Å². The zero-order valence-electron chi connectivity index (χ0n) is 14.2. The Hall–Kier alpha value is -2.74. The molecule has 1 aliphatic rings. The van der Waals surface area contributed by atoms with Crippen molar-refractivity contribution in [2.45, 2.75) is 0 Å². The molecule has 0 radical (unpaired) electrons. The summed E-state index contributed by atoms with van der Waals surface area (Å²) in [4.78, 5) is 25.2. The summed E-state index contributed by atoms with van der Waals surface area (Å²) in [6, 6.07) is 4.04. The highest BCUT2D eigenvalue weighted by molar-refractivity contribution is 6.04. The highest BCUT2D eigenvalue weighted by atomic mass is 19.1. The van der Waals surface area contributed by atoms with Crippen LogP contribution in [0, 0.1) is 5.82 Å². The molecule has 25 heavy (non-hydrogen) atoms. The molecule has 7 nitrogen and oxygen atoms in total. The molecule has 0 atom stereocenters. The first kappa shape index (κ1) is 17.1. The summed E-state index contributed by atoms with van der Waals surface area (Å²) in [6.45, 7) is 3.66. The lowest BCUT2D eigenvalue weighted by Gasteiger charge is -2.32. The molecule has 0 bridgehead atoms. The third-order valence-electron chi connectivity index (χ3n) is 4.10. The van der Waals surface area contributed by atoms with Gasteiger partial charge in [-0.25, -0.2) is 14.4 Å². The zero-order valence-corrected chi connectivity index (χ0v) is 14.2. The quantitative estimate of drug-likeness (QED) is 0.908. The van der Waals surface area contributed by atoms with Gasteiger partial charge in [0.05, 0.1) is 25.2 Å². The van der Waals surface area contributed by atoms with Crippen molar-refractivity contribution in [2.24, 2.45) is 0 Å². The molecule has 2 heterocycles. The number of hydrogen-bond donors (Lipinski definition) is 1. The van der Waals surface area contributed by atoms with Crippen LogP contribution in [0.25, 0.3) is 0 Å². The Morgan fingerprint density at radius 1 is 1.20 bits per heavy atom. The average molecular weight is 345 g/mol. The van der Waals surface area contributed by atoms with E-state index in [0.29, 0.717) is 11.6 Å². The van der Waals surface area contributed by atoms with E-state index in [0.717, 1.165) is 32.2 Å². The molecule has 8 heteroatoms. The summed E-state index contributed by atoms with van der Waals surface area (Å²) in [5.74, 6) is -0.285. The highest BCUT2D eigenvalue weighted by Gasteiger charge is 2.16. The number of nitrogens with one attached hydrogen (secondary N) is 1. The fourth-order valence-electron chi connectivity index (χ4n) is 2.57. The van der Waals surface area contributed by atoms with Crippen LogP contribution in [0.1, 0.15) is 10.4 Å². The number of ether oxygens (including phenoxy) is 1. The molecule has 1 aromatic carbocycles. The van der Waals surface area contributed by atoms with E-state index in [1.165, 1.54) is 19.2 Å². The molecule has 1 aliphatic heterocycles. The van der Waals surface area contributed by atoms with E-state index in [-0.39, 0.29) is 11.3 Å². The molecule has 132 valence electrons. The lowest BCUT2D eigenvalue weighted by atomic mass is 10.2. The largest absolute Gasteiger partial charge is 0.494 e. The van der Waals surface area contributed by atoms with Gasteiger partial charge in [-0.3, -0.25) is 4.79 Å². The fraction of sp³-hybridized carbons (Fsp3) is 0.353. The van der Waals surface area contributed by atoms with Gasteiger partial charge in [0.1, 0.15) is 0 Å². The molecule has 0 aliphatic carbocycles. The van der Waals surface area contributed by atoms with E-state index < -0.39 is 11.7 Å². The molecule has 1 N–H and O–H groups in total. The number of rotatable bonds is 4. The molecule has 1 saturated heterocycles. The van der Waals surface area contributed by atoms with Gasteiger partial charge in [0.25, 0.3) is 5.91 Å². The van der Waals surface area contributed by atoms with Gasteiger partial charge in [-0.1, -0.05) is 0 Å². The fourth-order valence-corrected chi connectivity index (χ4v) is 2.57. The molecule has 0 unspecified atom stereocenters. The second kappa shape index (κ2) is 7.43. The maximum atomic E-state index is 13.7. The van der Waals surface area contributed by atoms with Crippen LogP contribution in [-0.2, 0) is 0 Å². The topological polar surface area (TPSA) is 70.6 Å². The normalized spacial score (nSPS) is 15.1. The maximum Gasteiger partial charge on any atom is 0.255 e. The summed E-state index contributed by atoms with van der Waals surface area (Å²) in [6.07, 6.45) is 3.11. The third-order valence-corrected chi connectivity index (χ3v) is 4.10. The zero-order chi connectivity index (χ0) is 17.8. The minimum absolute atomic E-state index is 0.0939. The Balaban J connectivity index is 1.65. The Morgan fingerprint density at radius 2 is 1.88 bits per heavy atom. The van der Waals surface area contributed by atoms with Crippen molar-refractivity contribution < 1.29 is 13.9 Å². The van der Waals surface area contributed by atoms with Gasteiger partial charge < -0.3 is 19.9 Å². The number of methoxy groups -OCH3 is 1. The summed E-state index contributed by atoms with van der Waals surface area (Å²) in [5, 5.41) is 2.66. The van der Waals surface area contributed by atoms with E-state index in [2.05, 4.69) is 32.1 Å². The molecule has 1 fully saturated rings. The first-order valence-corrected chi connectivity index (χ1v) is 7.97. The minimum Gasteiger partial charge on any atom is -0.494 e. The number of carbonyl (C=O) groups excluding carboxylic acids is 1. The number of carbonyl (C=O) groups is 1. The van der Waals surface area contributed by atoms with E-state index in [1.54, 1.807) is 12.4 Å². The van der Waals surface area contributed by atoms with E-state index >= 15 is 0 Å². The van der Waals surface area contributed by atoms with Crippen LogP contribution in [0.15, 0.2) is 30.6 Å². The van der Waals surface area contributed by atoms with E-state index in [4.69, 9.17) is 4.74 Å². The van der Waals surface area contributed by atoms with Gasteiger partial charge in [0.15, 0.2) is 11.6 Å². The number of nitrogens with zero attached hydrogens (tertiary/aromatic N) is 4. The number of piperazine rings is 1. The lowest BCUT2D eigenvalue weighted by molar-refractivity contribution is 0.102. The van der Waals surface area contributed by atoms with Crippen LogP contribution in [-0.4, -0.2) is 61.1 Å². The number of halogens is 1. The smallest absolute Gasteiger partial charge is 0.255 e. The van der Waals surface area contributed by atoms with Crippen LogP contribution in [0.2, 0.25) is 0 Å². The van der Waals surface area contributed by atoms with Crippen LogP contribution in [0.4, 0.5) is 16.0 Å². The van der Waals surface area contributed by atoms with Crippen LogP contribution < -0.4 is 15.0 Å². The molecule has 1 amide bonds. The van der Waals surface area contributed by atoms with Gasteiger partial charge in [-0.05, 0) is 25.2 Å². The second-order valence-electron chi connectivity index (χ2n) is 5.87. The monoisotopic (exact) mass is 345 g/mol. The van der Waals surface area contributed by atoms with Gasteiger partial charge in [0, 0.05) is 31.7 Å². The van der Waals surface area contributed by atoms with Gasteiger partial charge in [0.2, 0.25) is 5.95 Å². The summed E-state index contributed by atoms with van der Waals surface area (Å²) in [5.41, 5.74) is 0.653. The van der Waals surface area contributed by atoms with Gasteiger partial charge >= 0.3 is 0 Å². The Morgan fingerprint density at radius 3 is 2.48 bits per heavy atom. The number of amides is 1.